The highest BCUT2D eigenvalue weighted by atomic mass is 32.1. The van der Waals surface area contributed by atoms with Crippen LogP contribution in [0.3, 0.4) is 0 Å². The summed E-state index contributed by atoms with van der Waals surface area (Å²) in [5.74, 6) is -1.05. The van der Waals surface area contributed by atoms with E-state index in [0.717, 1.165) is 11.3 Å². The summed E-state index contributed by atoms with van der Waals surface area (Å²) < 4.78 is 4.92. The number of nitrogens with one attached hydrogen (secondary N) is 1. The van der Waals surface area contributed by atoms with Crippen LogP contribution in [-0.2, 0) is 14.4 Å². The third-order valence-electron chi connectivity index (χ3n) is 1.89. The largest absolute Gasteiger partial charge is 0.476 e. The Morgan fingerprint density at radius 2 is 2.25 bits per heavy atom. The zero-order chi connectivity index (χ0) is 15.1. The minimum Gasteiger partial charge on any atom is -0.476 e. The Bertz CT molecular complexity index is 512. The Kier molecular flexibility index (Phi) is 5.91. The summed E-state index contributed by atoms with van der Waals surface area (Å²) in [7, 11) is 1.23. The SMILES string of the molecule is CON=C(C(=O)O)c1csc(NC(=O)OCC(C)C)n1. The molecule has 0 unspecified atom stereocenters. The summed E-state index contributed by atoms with van der Waals surface area (Å²) in [4.78, 5) is 30.7. The molecule has 20 heavy (non-hydrogen) atoms. The van der Waals surface area contributed by atoms with Crippen LogP contribution < -0.4 is 5.32 Å². The molecule has 1 heterocycles. The predicted molar refractivity (Wildman–Crippen MR) is 73.1 cm³/mol. The van der Waals surface area contributed by atoms with Crippen molar-refractivity contribution in [1.29, 1.82) is 0 Å². The summed E-state index contributed by atoms with van der Waals surface area (Å²) >= 11 is 1.06. The van der Waals surface area contributed by atoms with Crippen molar-refractivity contribution in [3.05, 3.63) is 11.1 Å². The van der Waals surface area contributed by atoms with Crippen molar-refractivity contribution in [2.45, 2.75) is 13.8 Å². The van der Waals surface area contributed by atoms with Gasteiger partial charge in [0.1, 0.15) is 12.8 Å². The minimum absolute atomic E-state index is 0.100. The number of thiazole rings is 1. The number of amides is 1. The molecule has 1 rings (SSSR count). The number of oxime groups is 1. The molecule has 0 aliphatic rings. The third kappa shape index (κ3) is 4.84. The summed E-state index contributed by atoms with van der Waals surface area (Å²) in [5, 5.41) is 16.4. The zero-order valence-corrected chi connectivity index (χ0v) is 12.1. The average molecular weight is 301 g/mol. The first-order chi connectivity index (χ1) is 9.43. The van der Waals surface area contributed by atoms with Crippen LogP contribution in [0.1, 0.15) is 19.5 Å². The molecule has 8 nitrogen and oxygen atoms in total. The second-order valence-electron chi connectivity index (χ2n) is 4.08. The molecule has 1 aromatic heterocycles. The van der Waals surface area contributed by atoms with Gasteiger partial charge in [0.25, 0.3) is 0 Å². The van der Waals surface area contributed by atoms with Gasteiger partial charge in [0.05, 0.1) is 6.61 Å². The maximum absolute atomic E-state index is 11.4. The van der Waals surface area contributed by atoms with Crippen molar-refractivity contribution in [1.82, 2.24) is 4.98 Å². The van der Waals surface area contributed by atoms with Crippen LogP contribution in [0, 0.1) is 5.92 Å². The van der Waals surface area contributed by atoms with Crippen LogP contribution in [0.5, 0.6) is 0 Å². The Labute approximate surface area is 119 Å². The van der Waals surface area contributed by atoms with E-state index in [0.29, 0.717) is 0 Å². The van der Waals surface area contributed by atoms with Crippen molar-refractivity contribution < 1.29 is 24.3 Å². The molecular formula is C11H15N3O5S. The lowest BCUT2D eigenvalue weighted by atomic mass is 10.2. The molecule has 2 N–H and O–H groups in total. The van der Waals surface area contributed by atoms with Gasteiger partial charge in [-0.2, -0.15) is 0 Å². The molecule has 1 amide bonds. The Morgan fingerprint density at radius 3 is 2.80 bits per heavy atom. The number of anilines is 1. The molecule has 0 bridgehead atoms. The first kappa shape index (κ1) is 15.9. The highest BCUT2D eigenvalue weighted by molar-refractivity contribution is 7.14. The number of ether oxygens (including phenoxy) is 1. The quantitative estimate of drug-likeness (QED) is 0.612. The first-order valence-corrected chi connectivity index (χ1v) is 6.56. The predicted octanol–water partition coefficient (Wildman–Crippen LogP) is 1.78. The van der Waals surface area contributed by atoms with Crippen LogP contribution in [0.2, 0.25) is 0 Å². The van der Waals surface area contributed by atoms with Gasteiger partial charge in [-0.1, -0.05) is 19.0 Å². The Morgan fingerprint density at radius 1 is 1.55 bits per heavy atom. The summed E-state index contributed by atoms with van der Waals surface area (Å²) in [6.45, 7) is 4.11. The molecule has 0 spiro atoms. The second kappa shape index (κ2) is 7.43. The fourth-order valence-electron chi connectivity index (χ4n) is 1.09. The molecule has 0 saturated heterocycles. The maximum atomic E-state index is 11.4. The second-order valence-corrected chi connectivity index (χ2v) is 4.94. The summed E-state index contributed by atoms with van der Waals surface area (Å²) in [6.07, 6.45) is -0.639. The van der Waals surface area contributed by atoms with E-state index in [1.54, 1.807) is 0 Å². The number of hydrogen-bond acceptors (Lipinski definition) is 7. The van der Waals surface area contributed by atoms with Gasteiger partial charge in [0.2, 0.25) is 5.71 Å². The number of carbonyl (C=O) groups is 2. The molecule has 0 radical (unpaired) electrons. The van der Waals surface area contributed by atoms with Gasteiger partial charge in [-0.25, -0.2) is 14.6 Å². The van der Waals surface area contributed by atoms with Crippen molar-refractivity contribution in [2.24, 2.45) is 11.1 Å². The fourth-order valence-corrected chi connectivity index (χ4v) is 1.77. The molecule has 0 aliphatic heterocycles. The van der Waals surface area contributed by atoms with E-state index in [9.17, 15) is 9.59 Å². The van der Waals surface area contributed by atoms with Crippen LogP contribution in [0.25, 0.3) is 0 Å². The number of carboxylic acid groups (broad SMARTS) is 1. The van der Waals surface area contributed by atoms with E-state index in [4.69, 9.17) is 9.84 Å². The van der Waals surface area contributed by atoms with Gasteiger partial charge in [-0.3, -0.25) is 5.32 Å². The van der Waals surface area contributed by atoms with Gasteiger partial charge in [-0.15, -0.1) is 11.3 Å². The molecule has 0 atom stereocenters. The van der Waals surface area contributed by atoms with Crippen molar-refractivity contribution in [2.75, 3.05) is 19.0 Å². The molecular weight excluding hydrogens is 286 g/mol. The summed E-state index contributed by atoms with van der Waals surface area (Å²) in [6, 6.07) is 0. The zero-order valence-electron chi connectivity index (χ0n) is 11.2. The highest BCUT2D eigenvalue weighted by Crippen LogP contribution is 2.16. The number of carboxylic acids is 1. The number of aliphatic carboxylic acids is 1. The van der Waals surface area contributed by atoms with Gasteiger partial charge < -0.3 is 14.7 Å². The van der Waals surface area contributed by atoms with E-state index in [1.807, 2.05) is 13.8 Å². The van der Waals surface area contributed by atoms with E-state index < -0.39 is 12.1 Å². The maximum Gasteiger partial charge on any atom is 0.413 e. The Hall–Kier alpha value is -2.16. The molecule has 9 heteroatoms. The Balaban J connectivity index is 2.70. The highest BCUT2D eigenvalue weighted by Gasteiger charge is 2.18. The molecule has 110 valence electrons. The van der Waals surface area contributed by atoms with Crippen LogP contribution in [-0.4, -0.2) is 41.6 Å². The van der Waals surface area contributed by atoms with Crippen LogP contribution in [0.15, 0.2) is 10.5 Å². The van der Waals surface area contributed by atoms with Crippen LogP contribution in [0.4, 0.5) is 9.93 Å². The van der Waals surface area contributed by atoms with Gasteiger partial charge >= 0.3 is 12.1 Å². The van der Waals surface area contributed by atoms with E-state index in [2.05, 4.69) is 20.3 Å². The van der Waals surface area contributed by atoms with Gasteiger partial charge in [0.15, 0.2) is 5.13 Å². The smallest absolute Gasteiger partial charge is 0.413 e. The lowest BCUT2D eigenvalue weighted by Gasteiger charge is -2.06. The first-order valence-electron chi connectivity index (χ1n) is 5.68. The number of hydrogen-bond donors (Lipinski definition) is 2. The van der Waals surface area contributed by atoms with Crippen molar-refractivity contribution in [3.63, 3.8) is 0 Å². The van der Waals surface area contributed by atoms with Gasteiger partial charge in [0, 0.05) is 5.38 Å². The average Bonchev–Trinajstić information content (AvgIpc) is 2.81. The van der Waals surface area contributed by atoms with Crippen molar-refractivity contribution >= 4 is 34.2 Å². The minimum atomic E-state index is -1.27. The van der Waals surface area contributed by atoms with Crippen molar-refractivity contribution in [3.8, 4) is 0 Å². The fraction of sp³-hybridized carbons (Fsp3) is 0.455. The number of aromatic nitrogens is 1. The normalized spacial score (nSPS) is 11.3. The number of nitrogens with zero attached hydrogens (tertiary/aromatic N) is 2. The lowest BCUT2D eigenvalue weighted by Crippen LogP contribution is -2.18. The standard InChI is InChI=1S/C11H15N3O5S/c1-6(2)4-19-11(17)13-10-12-7(5-20-10)8(9(15)16)14-18-3/h5-6H,4H2,1-3H3,(H,15,16)(H,12,13,17). The molecule has 0 fully saturated rings. The lowest BCUT2D eigenvalue weighted by molar-refractivity contribution is -0.129. The van der Waals surface area contributed by atoms with Crippen LogP contribution >= 0.6 is 11.3 Å². The summed E-state index contributed by atoms with van der Waals surface area (Å²) in [5.41, 5.74) is -0.240. The number of rotatable bonds is 6. The molecule has 0 saturated carbocycles. The third-order valence-corrected chi connectivity index (χ3v) is 2.65. The molecule has 1 aromatic rings. The van der Waals surface area contributed by atoms with E-state index >= 15 is 0 Å². The molecule has 0 aromatic carbocycles. The van der Waals surface area contributed by atoms with E-state index in [1.165, 1.54) is 12.5 Å². The number of carbonyl (C=O) groups excluding carboxylic acids is 1. The topological polar surface area (TPSA) is 110 Å². The van der Waals surface area contributed by atoms with Gasteiger partial charge in [-0.05, 0) is 5.92 Å². The van der Waals surface area contributed by atoms with E-state index in [-0.39, 0.29) is 29.1 Å². The monoisotopic (exact) mass is 301 g/mol. The molecule has 0 aliphatic carbocycles.